The maximum atomic E-state index is 12.9. The van der Waals surface area contributed by atoms with Gasteiger partial charge >= 0.3 is 13.8 Å². The first kappa shape index (κ1) is 66.6. The zero-order valence-corrected chi connectivity index (χ0v) is 45.5. The van der Waals surface area contributed by atoms with Gasteiger partial charge < -0.3 is 39.9 Å². The van der Waals surface area contributed by atoms with Crippen LogP contribution in [0.15, 0.2) is 36.5 Å². The average molecular weight is 1020 g/mol. The molecule has 0 aromatic heterocycles. The number of aliphatic hydroxyl groups is 5. The molecule has 6 unspecified atom stereocenters. The van der Waals surface area contributed by atoms with Gasteiger partial charge in [0.1, 0.15) is 42.7 Å². The van der Waals surface area contributed by atoms with Crippen LogP contribution in [0.2, 0.25) is 0 Å². The highest BCUT2D eigenvalue weighted by molar-refractivity contribution is 7.47. The number of rotatable bonds is 50. The molecule has 6 N–H and O–H groups in total. The molecular weight excluding hydrogens is 908 g/mol. The molecule has 1 saturated carbocycles. The molecule has 0 aromatic carbocycles. The maximum Gasteiger partial charge on any atom is 0.472 e. The molecule has 412 valence electrons. The monoisotopic (exact) mass is 1010 g/mol. The van der Waals surface area contributed by atoms with Crippen LogP contribution in [0.5, 0.6) is 0 Å². The summed E-state index contributed by atoms with van der Waals surface area (Å²) >= 11 is 0. The Morgan fingerprint density at radius 2 is 0.800 bits per heavy atom. The number of ether oxygens (including phenoxy) is 2. The van der Waals surface area contributed by atoms with Crippen LogP contribution in [-0.2, 0) is 27.9 Å². The summed E-state index contributed by atoms with van der Waals surface area (Å²) in [5.41, 5.74) is 0. The van der Waals surface area contributed by atoms with E-state index < -0.39 is 63.1 Å². The lowest BCUT2D eigenvalue weighted by molar-refractivity contribution is -0.220. The highest BCUT2D eigenvalue weighted by Gasteiger charge is 2.51. The molecule has 1 aliphatic carbocycles. The number of allylic oxidation sites excluding steroid dienone is 6. The number of esters is 1. The fraction of sp³-hybridized carbons (Fsp3) is 0.877. The predicted octanol–water partition coefficient (Wildman–Crippen LogP) is 13.8. The van der Waals surface area contributed by atoms with Gasteiger partial charge in [0.15, 0.2) is 0 Å². The molecule has 0 bridgehead atoms. The van der Waals surface area contributed by atoms with Gasteiger partial charge in [-0.3, -0.25) is 13.8 Å². The number of aliphatic hydroxyl groups excluding tert-OH is 5. The van der Waals surface area contributed by atoms with E-state index in [2.05, 4.69) is 50.3 Å². The molecule has 13 heteroatoms. The molecule has 0 aliphatic heterocycles. The van der Waals surface area contributed by atoms with Crippen molar-refractivity contribution in [3.8, 4) is 0 Å². The summed E-state index contributed by atoms with van der Waals surface area (Å²) in [5, 5.41) is 50.4. The molecule has 1 rings (SSSR count). The second-order valence-corrected chi connectivity index (χ2v) is 21.5. The quantitative estimate of drug-likeness (QED) is 0.0146. The van der Waals surface area contributed by atoms with Crippen molar-refractivity contribution in [3.05, 3.63) is 36.5 Å². The topological polar surface area (TPSA) is 192 Å². The van der Waals surface area contributed by atoms with E-state index in [4.69, 9.17) is 18.5 Å². The van der Waals surface area contributed by atoms with Crippen molar-refractivity contribution < 1.29 is 58.3 Å². The van der Waals surface area contributed by atoms with Crippen molar-refractivity contribution in [1.29, 1.82) is 0 Å². The third-order valence-corrected chi connectivity index (χ3v) is 14.5. The van der Waals surface area contributed by atoms with Crippen LogP contribution in [0.1, 0.15) is 258 Å². The largest absolute Gasteiger partial charge is 0.472 e. The molecule has 70 heavy (non-hydrogen) atoms. The normalized spacial score (nSPS) is 21.1. The number of hydrogen-bond acceptors (Lipinski definition) is 11. The third-order valence-electron chi connectivity index (χ3n) is 13.5. The van der Waals surface area contributed by atoms with Gasteiger partial charge in [-0.25, -0.2) is 4.57 Å². The summed E-state index contributed by atoms with van der Waals surface area (Å²) in [5.74, 6) is -0.478. The number of hydrogen-bond donors (Lipinski definition) is 6. The Labute approximate surface area is 427 Å². The fourth-order valence-corrected chi connectivity index (χ4v) is 9.89. The van der Waals surface area contributed by atoms with Gasteiger partial charge in [-0.15, -0.1) is 0 Å². The first-order chi connectivity index (χ1) is 34.0. The number of carbonyl (C=O) groups is 1. The Morgan fingerprint density at radius 3 is 1.24 bits per heavy atom. The minimum atomic E-state index is -5.03. The van der Waals surface area contributed by atoms with Gasteiger partial charge in [-0.2, -0.15) is 0 Å². The van der Waals surface area contributed by atoms with E-state index in [9.17, 15) is 39.8 Å². The molecule has 6 atom stereocenters. The average Bonchev–Trinajstić information content (AvgIpc) is 3.35. The zero-order valence-electron chi connectivity index (χ0n) is 44.6. The van der Waals surface area contributed by atoms with E-state index >= 15 is 0 Å². The molecule has 1 fully saturated rings. The Hall–Kier alpha value is -1.44. The standard InChI is InChI=1S/C57H107O12P/c1-3-5-7-9-11-13-15-17-19-21-23-24-25-26-27-29-31-33-35-37-39-41-43-45-47-66-48-50(49-67-70(64,65)69-57-55(62)53(60)52(59)54(61)56(57)63)68-51(58)46-44-42-40-38-36-34-32-30-28-22-20-18-16-14-12-10-8-6-4-2/h12,14,18,20-21,23,50,52-57,59-63H,3-11,13,15-17,19,22,24-49H2,1-2H3,(H,64,65)/b14-12-,20-18-,23-21-. The van der Waals surface area contributed by atoms with E-state index in [1.807, 2.05) is 0 Å². The van der Waals surface area contributed by atoms with Crippen molar-refractivity contribution in [3.63, 3.8) is 0 Å². The first-order valence-corrected chi connectivity index (χ1v) is 30.3. The summed E-state index contributed by atoms with van der Waals surface area (Å²) < 4.78 is 34.4. The molecule has 0 amide bonds. The van der Waals surface area contributed by atoms with Crippen LogP contribution in [0.3, 0.4) is 0 Å². The first-order valence-electron chi connectivity index (χ1n) is 28.8. The third kappa shape index (κ3) is 38.2. The van der Waals surface area contributed by atoms with Gasteiger partial charge in [0.25, 0.3) is 0 Å². The summed E-state index contributed by atoms with van der Waals surface area (Å²) in [6.07, 6.45) is 46.4. The SMILES string of the molecule is CCCCC/C=C\C/C=C\CCCCCCCCCCCC(=O)OC(COCCCCCCCCCCCCCC/C=C\CCCCCCCCCC)COP(=O)(O)OC1C(O)C(O)C(O)C(O)C1O. The lowest BCUT2D eigenvalue weighted by Gasteiger charge is -2.41. The van der Waals surface area contributed by atoms with Gasteiger partial charge in [0.2, 0.25) is 0 Å². The highest BCUT2D eigenvalue weighted by atomic mass is 31.2. The summed E-state index contributed by atoms with van der Waals surface area (Å²) in [7, 11) is -5.03. The van der Waals surface area contributed by atoms with E-state index in [0.29, 0.717) is 13.0 Å². The minimum absolute atomic E-state index is 0.0765. The maximum absolute atomic E-state index is 12.9. The lowest BCUT2D eigenvalue weighted by Crippen LogP contribution is -2.64. The van der Waals surface area contributed by atoms with Crippen LogP contribution in [0, 0.1) is 0 Å². The summed E-state index contributed by atoms with van der Waals surface area (Å²) in [6, 6.07) is 0. The molecule has 1 aliphatic rings. The smallest absolute Gasteiger partial charge is 0.457 e. The van der Waals surface area contributed by atoms with Gasteiger partial charge in [-0.05, 0) is 70.6 Å². The van der Waals surface area contributed by atoms with Crippen molar-refractivity contribution in [2.75, 3.05) is 19.8 Å². The van der Waals surface area contributed by atoms with E-state index in [1.165, 1.54) is 180 Å². The number of phosphoric acid groups is 1. The van der Waals surface area contributed by atoms with Crippen molar-refractivity contribution >= 4 is 13.8 Å². The Bertz CT molecular complexity index is 1300. The molecule has 0 saturated heterocycles. The van der Waals surface area contributed by atoms with Crippen LogP contribution in [0.4, 0.5) is 0 Å². The Morgan fingerprint density at radius 1 is 0.457 bits per heavy atom. The summed E-state index contributed by atoms with van der Waals surface area (Å²) in [6.45, 7) is 4.27. The zero-order chi connectivity index (χ0) is 51.2. The van der Waals surface area contributed by atoms with E-state index in [1.54, 1.807) is 0 Å². The van der Waals surface area contributed by atoms with Crippen LogP contribution >= 0.6 is 7.82 Å². The number of carbonyl (C=O) groups excluding carboxylic acids is 1. The molecule has 0 heterocycles. The molecule has 12 nitrogen and oxygen atoms in total. The van der Waals surface area contributed by atoms with Gasteiger partial charge in [0.05, 0.1) is 13.2 Å². The van der Waals surface area contributed by atoms with E-state index in [0.717, 1.165) is 51.4 Å². The van der Waals surface area contributed by atoms with Crippen LogP contribution in [0.25, 0.3) is 0 Å². The minimum Gasteiger partial charge on any atom is -0.457 e. The fourth-order valence-electron chi connectivity index (χ4n) is 8.91. The second-order valence-electron chi connectivity index (χ2n) is 20.1. The summed E-state index contributed by atoms with van der Waals surface area (Å²) in [4.78, 5) is 23.3. The highest BCUT2D eigenvalue weighted by Crippen LogP contribution is 2.47. The van der Waals surface area contributed by atoms with Crippen molar-refractivity contribution in [2.45, 2.75) is 301 Å². The number of phosphoric ester groups is 1. The van der Waals surface area contributed by atoms with E-state index in [-0.39, 0.29) is 13.0 Å². The number of unbranched alkanes of at least 4 members (excludes halogenated alkanes) is 32. The molecule has 0 radical (unpaired) electrons. The van der Waals surface area contributed by atoms with Crippen molar-refractivity contribution in [1.82, 2.24) is 0 Å². The Kier molecular flexibility index (Phi) is 45.0. The lowest BCUT2D eigenvalue weighted by atomic mass is 9.85. The van der Waals surface area contributed by atoms with Crippen LogP contribution < -0.4 is 0 Å². The van der Waals surface area contributed by atoms with Crippen molar-refractivity contribution in [2.24, 2.45) is 0 Å². The molecular formula is C57H107O12P. The molecule has 0 aromatic rings. The van der Waals surface area contributed by atoms with Gasteiger partial charge in [-0.1, -0.05) is 217 Å². The molecule has 0 spiro atoms. The Balaban J connectivity index is 2.27. The second kappa shape index (κ2) is 47.3. The van der Waals surface area contributed by atoms with Crippen LogP contribution in [-0.4, -0.2) is 98.9 Å². The van der Waals surface area contributed by atoms with Gasteiger partial charge in [0, 0.05) is 13.0 Å². The predicted molar refractivity (Wildman–Crippen MR) is 286 cm³/mol.